The van der Waals surface area contributed by atoms with Gasteiger partial charge in [-0.25, -0.2) is 4.98 Å². The number of aliphatic hydroxyl groups excluding tert-OH is 1. The summed E-state index contributed by atoms with van der Waals surface area (Å²) in [5.74, 6) is 0. The number of alkyl halides is 3. The van der Waals surface area contributed by atoms with Crippen LogP contribution in [-0.4, -0.2) is 10.1 Å². The molecule has 0 fully saturated rings. The van der Waals surface area contributed by atoms with Gasteiger partial charge < -0.3 is 5.11 Å². The molecule has 16 heavy (non-hydrogen) atoms. The molecule has 1 N–H and O–H groups in total. The number of aromatic nitrogens is 1. The van der Waals surface area contributed by atoms with Gasteiger partial charge in [0.05, 0.1) is 16.7 Å². The molecule has 1 aromatic rings. The Bertz CT molecular complexity index is 411. The first-order valence-electron chi connectivity index (χ1n) is 4.94. The third-order valence-electron chi connectivity index (χ3n) is 2.66. The molecule has 0 amide bonds. The molecule has 0 aromatic carbocycles. The molecular formula is C10H12F3NOS. The van der Waals surface area contributed by atoms with Crippen molar-refractivity contribution in [1.29, 1.82) is 0 Å². The van der Waals surface area contributed by atoms with Crippen LogP contribution in [-0.2, 0) is 12.6 Å². The standard InChI is InChI=1S/C10H12F3NOS/c1-9(2)3-5-7(6(15)4-9)16-8(14-5)10(11,12)13/h6,15H,3-4H2,1-2H3. The molecule has 1 unspecified atom stereocenters. The number of nitrogens with zero attached hydrogens (tertiary/aromatic N) is 1. The Labute approximate surface area is 95.1 Å². The van der Waals surface area contributed by atoms with Crippen molar-refractivity contribution < 1.29 is 18.3 Å². The maximum atomic E-state index is 12.5. The number of aliphatic hydroxyl groups is 1. The van der Waals surface area contributed by atoms with E-state index in [4.69, 9.17) is 0 Å². The van der Waals surface area contributed by atoms with Crippen molar-refractivity contribution >= 4 is 11.3 Å². The van der Waals surface area contributed by atoms with Gasteiger partial charge in [0.2, 0.25) is 0 Å². The summed E-state index contributed by atoms with van der Waals surface area (Å²) in [6.07, 6.45) is -4.25. The molecule has 1 aliphatic rings. The van der Waals surface area contributed by atoms with E-state index in [2.05, 4.69) is 4.98 Å². The predicted octanol–water partition coefficient (Wildman–Crippen LogP) is 3.17. The zero-order valence-corrected chi connectivity index (χ0v) is 9.74. The van der Waals surface area contributed by atoms with Gasteiger partial charge in [0.15, 0.2) is 5.01 Å². The van der Waals surface area contributed by atoms with Gasteiger partial charge in [-0.05, 0) is 18.3 Å². The average Bonchev–Trinajstić information content (AvgIpc) is 2.44. The fourth-order valence-electron chi connectivity index (χ4n) is 2.01. The molecule has 1 aliphatic carbocycles. The third kappa shape index (κ3) is 2.08. The molecule has 6 heteroatoms. The Hall–Kier alpha value is -0.620. The lowest BCUT2D eigenvalue weighted by Crippen LogP contribution is -2.24. The fourth-order valence-corrected chi connectivity index (χ4v) is 2.95. The SMILES string of the molecule is CC1(C)Cc2nc(C(F)(F)F)sc2C(O)C1. The second-order valence-electron chi connectivity index (χ2n) is 4.89. The third-order valence-corrected chi connectivity index (χ3v) is 3.91. The first-order chi connectivity index (χ1) is 7.19. The number of halogens is 3. The summed E-state index contributed by atoms with van der Waals surface area (Å²) in [5.41, 5.74) is 0.213. The molecule has 2 rings (SSSR count). The molecule has 1 heterocycles. The highest BCUT2D eigenvalue weighted by Crippen LogP contribution is 2.45. The summed E-state index contributed by atoms with van der Waals surface area (Å²) in [4.78, 5) is 3.98. The van der Waals surface area contributed by atoms with Crippen molar-refractivity contribution in [2.45, 2.75) is 39.0 Å². The molecule has 2 nitrogen and oxygen atoms in total. The minimum absolute atomic E-state index is 0.191. The van der Waals surface area contributed by atoms with E-state index in [1.54, 1.807) is 0 Å². The van der Waals surface area contributed by atoms with Gasteiger partial charge in [-0.2, -0.15) is 13.2 Å². The first kappa shape index (κ1) is 11.9. The van der Waals surface area contributed by atoms with E-state index in [9.17, 15) is 18.3 Å². The van der Waals surface area contributed by atoms with Gasteiger partial charge in [-0.3, -0.25) is 0 Å². The van der Waals surface area contributed by atoms with Crippen LogP contribution in [0.4, 0.5) is 13.2 Å². The predicted molar refractivity (Wildman–Crippen MR) is 54.2 cm³/mol. The summed E-state index contributed by atoms with van der Waals surface area (Å²) in [6.45, 7) is 3.84. The monoisotopic (exact) mass is 251 g/mol. The van der Waals surface area contributed by atoms with Gasteiger partial charge in [-0.1, -0.05) is 13.8 Å². The number of hydrogen-bond acceptors (Lipinski definition) is 3. The summed E-state index contributed by atoms with van der Waals surface area (Å²) in [5, 5.41) is 8.93. The highest BCUT2D eigenvalue weighted by Gasteiger charge is 2.40. The summed E-state index contributed by atoms with van der Waals surface area (Å²) < 4.78 is 37.4. The molecular weight excluding hydrogens is 239 g/mol. The minimum atomic E-state index is -4.41. The van der Waals surface area contributed by atoms with Crippen LogP contribution in [0.3, 0.4) is 0 Å². The summed E-state index contributed by atoms with van der Waals surface area (Å²) in [6, 6.07) is 0. The van der Waals surface area contributed by atoms with Crippen LogP contribution < -0.4 is 0 Å². The maximum Gasteiger partial charge on any atom is 0.443 e. The van der Waals surface area contributed by atoms with E-state index in [-0.39, 0.29) is 5.41 Å². The minimum Gasteiger partial charge on any atom is -0.387 e. The normalized spacial score (nSPS) is 24.2. The molecule has 0 spiro atoms. The maximum absolute atomic E-state index is 12.5. The number of hydrogen-bond donors (Lipinski definition) is 1. The zero-order valence-electron chi connectivity index (χ0n) is 8.93. The molecule has 0 saturated carbocycles. The lowest BCUT2D eigenvalue weighted by molar-refractivity contribution is -0.137. The van der Waals surface area contributed by atoms with E-state index in [0.29, 0.717) is 34.7 Å². The number of thiazole rings is 1. The Morgan fingerprint density at radius 2 is 2.06 bits per heavy atom. The molecule has 1 aromatic heterocycles. The number of fused-ring (bicyclic) bond motifs is 1. The lowest BCUT2D eigenvalue weighted by atomic mass is 9.77. The average molecular weight is 251 g/mol. The van der Waals surface area contributed by atoms with Gasteiger partial charge in [0.1, 0.15) is 0 Å². The van der Waals surface area contributed by atoms with Crippen molar-refractivity contribution in [3.05, 3.63) is 15.6 Å². The molecule has 0 saturated heterocycles. The van der Waals surface area contributed by atoms with Crippen LogP contribution in [0.1, 0.15) is 42.0 Å². The zero-order chi connectivity index (χ0) is 12.1. The van der Waals surface area contributed by atoms with Crippen molar-refractivity contribution in [2.75, 3.05) is 0 Å². The molecule has 0 radical (unpaired) electrons. The lowest BCUT2D eigenvalue weighted by Gasteiger charge is -2.31. The summed E-state index contributed by atoms with van der Waals surface area (Å²) in [7, 11) is 0. The van der Waals surface area contributed by atoms with Gasteiger partial charge >= 0.3 is 6.18 Å². The van der Waals surface area contributed by atoms with Gasteiger partial charge in [-0.15, -0.1) is 11.3 Å². The first-order valence-corrected chi connectivity index (χ1v) is 5.75. The smallest absolute Gasteiger partial charge is 0.387 e. The van der Waals surface area contributed by atoms with Crippen molar-refractivity contribution in [1.82, 2.24) is 4.98 Å². The second kappa shape index (κ2) is 3.43. The van der Waals surface area contributed by atoms with Crippen molar-refractivity contribution in [2.24, 2.45) is 5.41 Å². The quantitative estimate of drug-likeness (QED) is 0.768. The largest absolute Gasteiger partial charge is 0.443 e. The van der Waals surface area contributed by atoms with E-state index in [0.717, 1.165) is 0 Å². The topological polar surface area (TPSA) is 33.1 Å². The van der Waals surface area contributed by atoms with Gasteiger partial charge in [0, 0.05) is 0 Å². The number of rotatable bonds is 0. The second-order valence-corrected chi connectivity index (χ2v) is 5.92. The molecule has 1 atom stereocenters. The van der Waals surface area contributed by atoms with Crippen LogP contribution in [0.5, 0.6) is 0 Å². The van der Waals surface area contributed by atoms with Crippen LogP contribution >= 0.6 is 11.3 Å². The van der Waals surface area contributed by atoms with E-state index in [1.165, 1.54) is 0 Å². The molecule has 90 valence electrons. The van der Waals surface area contributed by atoms with Crippen LogP contribution in [0, 0.1) is 5.41 Å². The Balaban J connectivity index is 2.42. The van der Waals surface area contributed by atoms with Crippen LogP contribution in [0.25, 0.3) is 0 Å². The van der Waals surface area contributed by atoms with Gasteiger partial charge in [0.25, 0.3) is 0 Å². The van der Waals surface area contributed by atoms with Crippen LogP contribution in [0.15, 0.2) is 0 Å². The summed E-state index contributed by atoms with van der Waals surface area (Å²) >= 11 is 0.565. The van der Waals surface area contributed by atoms with E-state index >= 15 is 0 Å². The Kier molecular flexibility index (Phi) is 2.54. The highest BCUT2D eigenvalue weighted by molar-refractivity contribution is 7.12. The van der Waals surface area contributed by atoms with Crippen molar-refractivity contribution in [3.8, 4) is 0 Å². The Morgan fingerprint density at radius 3 is 2.62 bits per heavy atom. The molecule has 0 bridgehead atoms. The highest BCUT2D eigenvalue weighted by atomic mass is 32.1. The fraction of sp³-hybridized carbons (Fsp3) is 0.700. The molecule has 0 aliphatic heterocycles. The van der Waals surface area contributed by atoms with E-state index < -0.39 is 17.3 Å². The van der Waals surface area contributed by atoms with E-state index in [1.807, 2.05) is 13.8 Å². The van der Waals surface area contributed by atoms with Crippen LogP contribution in [0.2, 0.25) is 0 Å². The van der Waals surface area contributed by atoms with Crippen molar-refractivity contribution in [3.63, 3.8) is 0 Å². The Morgan fingerprint density at radius 1 is 1.44 bits per heavy atom.